The Morgan fingerprint density at radius 2 is 0.897 bits per heavy atom. The van der Waals surface area contributed by atoms with Gasteiger partial charge >= 0.3 is 0 Å². The number of hydrogen-bond donors (Lipinski definition) is 0. The number of nitrogens with zero attached hydrogens (tertiary/aromatic N) is 2. The van der Waals surface area contributed by atoms with Crippen LogP contribution in [0.3, 0.4) is 0 Å². The Bertz CT molecular complexity index is 3250. The fourth-order valence-electron chi connectivity index (χ4n) is 8.87. The number of rotatable bonds is 7. The summed E-state index contributed by atoms with van der Waals surface area (Å²) in [6.07, 6.45) is 0. The summed E-state index contributed by atoms with van der Waals surface area (Å²) in [5.41, 5.74) is 13.0. The third-order valence-electron chi connectivity index (χ3n) is 11.5. The number of para-hydroxylation sites is 2. The van der Waals surface area contributed by atoms with Crippen LogP contribution in [0.4, 0.5) is 17.1 Å². The summed E-state index contributed by atoms with van der Waals surface area (Å²) in [5, 5.41) is 8.60. The van der Waals surface area contributed by atoms with Crippen molar-refractivity contribution in [3.8, 4) is 39.2 Å². The summed E-state index contributed by atoms with van der Waals surface area (Å²) in [6, 6.07) is 83.6. The highest BCUT2D eigenvalue weighted by molar-refractivity contribution is 6.11. The average Bonchev–Trinajstić information content (AvgIpc) is 3.65. The van der Waals surface area contributed by atoms with Gasteiger partial charge in [0.2, 0.25) is 0 Å². The summed E-state index contributed by atoms with van der Waals surface area (Å²) < 4.78 is 2.43. The van der Waals surface area contributed by atoms with Crippen molar-refractivity contribution in [3.63, 3.8) is 0 Å². The lowest BCUT2D eigenvalue weighted by Crippen LogP contribution is -2.10. The molecular formula is C56H38N2. The Kier molecular flexibility index (Phi) is 8.19. The van der Waals surface area contributed by atoms with Crippen LogP contribution in [-0.4, -0.2) is 4.57 Å². The SMILES string of the molecule is c1ccc(-c2c(-c3ccccc3)n(-c3ccccc3)c3ccc(-c4ccc5c(ccc6cc(N(c7ccccc7)c7cccc8ccccc78)ccc65)c4)cc23)cc1. The molecule has 1 aromatic heterocycles. The average molecular weight is 739 g/mol. The highest BCUT2D eigenvalue weighted by Gasteiger charge is 2.22. The predicted molar refractivity (Wildman–Crippen MR) is 247 cm³/mol. The topological polar surface area (TPSA) is 8.17 Å². The quantitative estimate of drug-likeness (QED) is 0.148. The first kappa shape index (κ1) is 33.6. The van der Waals surface area contributed by atoms with Crippen molar-refractivity contribution >= 4 is 60.3 Å². The number of anilines is 3. The third kappa shape index (κ3) is 5.74. The molecule has 272 valence electrons. The monoisotopic (exact) mass is 738 g/mol. The largest absolute Gasteiger partial charge is 0.310 e. The van der Waals surface area contributed by atoms with Crippen LogP contribution in [0.25, 0.3) is 82.4 Å². The van der Waals surface area contributed by atoms with Gasteiger partial charge in [-0.1, -0.05) is 170 Å². The molecule has 0 unspecified atom stereocenters. The van der Waals surface area contributed by atoms with Gasteiger partial charge in [0.05, 0.1) is 16.9 Å². The predicted octanol–water partition coefficient (Wildman–Crippen LogP) is 15.6. The molecule has 0 spiro atoms. The van der Waals surface area contributed by atoms with Crippen LogP contribution in [0.5, 0.6) is 0 Å². The zero-order chi connectivity index (χ0) is 38.4. The van der Waals surface area contributed by atoms with E-state index >= 15 is 0 Å². The van der Waals surface area contributed by atoms with E-state index in [1.54, 1.807) is 0 Å². The third-order valence-corrected chi connectivity index (χ3v) is 11.5. The lowest BCUT2D eigenvalue weighted by molar-refractivity contribution is 1.13. The first-order chi connectivity index (χ1) is 28.8. The van der Waals surface area contributed by atoms with Crippen LogP contribution in [0.1, 0.15) is 0 Å². The van der Waals surface area contributed by atoms with Gasteiger partial charge in [-0.3, -0.25) is 0 Å². The van der Waals surface area contributed by atoms with E-state index in [1.807, 2.05) is 0 Å². The van der Waals surface area contributed by atoms with Crippen molar-refractivity contribution in [1.82, 2.24) is 4.57 Å². The minimum Gasteiger partial charge on any atom is -0.310 e. The molecule has 58 heavy (non-hydrogen) atoms. The Hall–Kier alpha value is -7.68. The highest BCUT2D eigenvalue weighted by atomic mass is 15.1. The Morgan fingerprint density at radius 3 is 1.66 bits per heavy atom. The molecule has 0 saturated heterocycles. The van der Waals surface area contributed by atoms with Gasteiger partial charge in [0.1, 0.15) is 0 Å². The number of aromatic nitrogens is 1. The van der Waals surface area contributed by atoms with E-state index in [1.165, 1.54) is 76.7 Å². The van der Waals surface area contributed by atoms with Crippen molar-refractivity contribution in [2.24, 2.45) is 0 Å². The molecule has 1 heterocycles. The number of hydrogen-bond acceptors (Lipinski definition) is 1. The second-order valence-corrected chi connectivity index (χ2v) is 14.9. The molecule has 11 rings (SSSR count). The Balaban J connectivity index is 1.05. The maximum absolute atomic E-state index is 2.43. The second kappa shape index (κ2) is 14.1. The van der Waals surface area contributed by atoms with Crippen molar-refractivity contribution in [2.45, 2.75) is 0 Å². The van der Waals surface area contributed by atoms with Crippen molar-refractivity contribution in [3.05, 3.63) is 231 Å². The molecule has 11 aromatic rings. The normalized spacial score (nSPS) is 11.4. The summed E-state index contributed by atoms with van der Waals surface area (Å²) >= 11 is 0. The van der Waals surface area contributed by atoms with Crippen LogP contribution in [0.15, 0.2) is 231 Å². The van der Waals surface area contributed by atoms with Gasteiger partial charge in [0.15, 0.2) is 0 Å². The molecule has 2 heteroatoms. The summed E-state index contributed by atoms with van der Waals surface area (Å²) in [6.45, 7) is 0. The molecule has 0 fully saturated rings. The zero-order valence-electron chi connectivity index (χ0n) is 31.8. The van der Waals surface area contributed by atoms with Crippen molar-refractivity contribution < 1.29 is 0 Å². The molecule has 0 amide bonds. The van der Waals surface area contributed by atoms with Gasteiger partial charge in [-0.15, -0.1) is 0 Å². The van der Waals surface area contributed by atoms with E-state index in [0.717, 1.165) is 22.7 Å². The molecule has 0 N–H and O–H groups in total. The molecule has 2 nitrogen and oxygen atoms in total. The van der Waals surface area contributed by atoms with E-state index in [9.17, 15) is 0 Å². The van der Waals surface area contributed by atoms with Gasteiger partial charge in [0.25, 0.3) is 0 Å². The maximum atomic E-state index is 2.43. The summed E-state index contributed by atoms with van der Waals surface area (Å²) in [4.78, 5) is 2.38. The zero-order valence-corrected chi connectivity index (χ0v) is 31.8. The fourth-order valence-corrected chi connectivity index (χ4v) is 8.87. The van der Waals surface area contributed by atoms with Gasteiger partial charge in [-0.25, -0.2) is 0 Å². The van der Waals surface area contributed by atoms with Crippen LogP contribution in [-0.2, 0) is 0 Å². The standard InChI is InChI=1S/C56H38N2/c1-5-17-40(18-6-1)55-52-38-43(31-35-54(52)58(47-24-11-4-12-25-47)56(55)41-19-7-2-8-20-41)42-30-33-49-44(36-42)28-29-45-37-48(32-34-50(45)49)57(46-22-9-3-10-23-46)53-27-15-21-39-16-13-14-26-51(39)53/h1-38H. The first-order valence-electron chi connectivity index (χ1n) is 19.9. The summed E-state index contributed by atoms with van der Waals surface area (Å²) in [7, 11) is 0. The van der Waals surface area contributed by atoms with Gasteiger partial charge in [-0.2, -0.15) is 0 Å². The first-order valence-corrected chi connectivity index (χ1v) is 19.9. The number of fused-ring (bicyclic) bond motifs is 5. The van der Waals surface area contributed by atoms with Crippen LogP contribution in [0, 0.1) is 0 Å². The van der Waals surface area contributed by atoms with Crippen LogP contribution in [0.2, 0.25) is 0 Å². The van der Waals surface area contributed by atoms with Gasteiger partial charge in [-0.05, 0) is 110 Å². The molecule has 0 bridgehead atoms. The van der Waals surface area contributed by atoms with Gasteiger partial charge in [0, 0.05) is 33.4 Å². The maximum Gasteiger partial charge on any atom is 0.0619 e. The lowest BCUT2D eigenvalue weighted by Gasteiger charge is -2.27. The lowest BCUT2D eigenvalue weighted by atomic mass is 9.94. The van der Waals surface area contributed by atoms with Crippen molar-refractivity contribution in [2.75, 3.05) is 4.90 Å². The van der Waals surface area contributed by atoms with Crippen LogP contribution < -0.4 is 4.90 Å². The fraction of sp³-hybridized carbons (Fsp3) is 0. The Morgan fingerprint density at radius 1 is 0.310 bits per heavy atom. The molecular weight excluding hydrogens is 701 g/mol. The van der Waals surface area contributed by atoms with E-state index in [2.05, 4.69) is 240 Å². The van der Waals surface area contributed by atoms with Crippen molar-refractivity contribution in [1.29, 1.82) is 0 Å². The molecule has 10 aromatic carbocycles. The minimum atomic E-state index is 1.13. The van der Waals surface area contributed by atoms with E-state index in [0.29, 0.717) is 0 Å². The summed E-state index contributed by atoms with van der Waals surface area (Å²) in [5.74, 6) is 0. The second-order valence-electron chi connectivity index (χ2n) is 14.9. The molecule has 0 aliphatic rings. The minimum absolute atomic E-state index is 1.13. The van der Waals surface area contributed by atoms with Gasteiger partial charge < -0.3 is 9.47 Å². The van der Waals surface area contributed by atoms with Crippen LogP contribution >= 0.6 is 0 Å². The smallest absolute Gasteiger partial charge is 0.0619 e. The highest BCUT2D eigenvalue weighted by Crippen LogP contribution is 2.45. The number of benzene rings is 10. The van der Waals surface area contributed by atoms with E-state index < -0.39 is 0 Å². The van der Waals surface area contributed by atoms with E-state index in [-0.39, 0.29) is 0 Å². The molecule has 0 saturated carbocycles. The molecule has 0 radical (unpaired) electrons. The Labute approximate surface area is 338 Å². The molecule has 0 atom stereocenters. The molecule has 0 aliphatic heterocycles. The van der Waals surface area contributed by atoms with E-state index in [4.69, 9.17) is 0 Å². The molecule has 0 aliphatic carbocycles.